The number of benzene rings is 1. The third-order valence-corrected chi connectivity index (χ3v) is 2.09. The zero-order chi connectivity index (χ0) is 12.1. The Kier molecular flexibility index (Phi) is 3.96. The molecular weight excluding hydrogens is 213 g/mol. The van der Waals surface area contributed by atoms with Gasteiger partial charge in [0, 0.05) is 6.54 Å². The van der Waals surface area contributed by atoms with E-state index in [0.29, 0.717) is 5.56 Å². The van der Waals surface area contributed by atoms with Crippen LogP contribution in [0.3, 0.4) is 0 Å². The second kappa shape index (κ2) is 5.22. The Bertz CT molecular complexity index is 421. The van der Waals surface area contributed by atoms with Gasteiger partial charge in [-0.05, 0) is 30.2 Å². The van der Waals surface area contributed by atoms with E-state index in [9.17, 15) is 14.0 Å². The molecule has 1 rings (SSSR count). The Morgan fingerprint density at radius 3 is 2.69 bits per heavy atom. The van der Waals surface area contributed by atoms with E-state index in [-0.39, 0.29) is 6.54 Å². The highest BCUT2D eigenvalue weighted by Gasteiger charge is 2.11. The number of nitrogens with one attached hydrogen (secondary N) is 2. The number of rotatable bonds is 2. The number of halogens is 1. The van der Waals surface area contributed by atoms with Crippen molar-refractivity contribution in [3.8, 4) is 0 Å². The van der Waals surface area contributed by atoms with Crippen molar-refractivity contribution < 1.29 is 14.0 Å². The van der Waals surface area contributed by atoms with Gasteiger partial charge < -0.3 is 5.32 Å². The highest BCUT2D eigenvalue weighted by Crippen LogP contribution is 2.09. The number of amides is 2. The number of nitrogens with two attached hydrogens (primary N) is 1. The molecular formula is C10H12FN3O2. The predicted molar refractivity (Wildman–Crippen MR) is 55.3 cm³/mol. The van der Waals surface area contributed by atoms with Crippen LogP contribution in [0, 0.1) is 12.7 Å². The van der Waals surface area contributed by atoms with Crippen molar-refractivity contribution >= 4 is 11.8 Å². The van der Waals surface area contributed by atoms with Crippen molar-refractivity contribution in [1.82, 2.24) is 10.7 Å². The third-order valence-electron chi connectivity index (χ3n) is 2.09. The van der Waals surface area contributed by atoms with Crippen molar-refractivity contribution in [2.24, 2.45) is 5.84 Å². The Labute approximate surface area is 91.8 Å². The second-order valence-electron chi connectivity index (χ2n) is 3.23. The van der Waals surface area contributed by atoms with Crippen LogP contribution in [0.1, 0.15) is 11.1 Å². The Morgan fingerprint density at radius 2 is 2.06 bits per heavy atom. The standard InChI is InChI=1S/C10H12FN3O2/c1-6-2-3-8(11)4-7(6)5-13-9(15)10(16)14-12/h2-4H,5,12H2,1H3,(H,13,15)(H,14,16). The molecule has 0 saturated carbocycles. The van der Waals surface area contributed by atoms with Gasteiger partial charge in [0.25, 0.3) is 0 Å². The molecule has 2 amide bonds. The lowest BCUT2D eigenvalue weighted by Gasteiger charge is -2.07. The number of hydrogen-bond acceptors (Lipinski definition) is 3. The molecule has 0 saturated heterocycles. The molecule has 0 spiro atoms. The van der Waals surface area contributed by atoms with E-state index in [4.69, 9.17) is 5.84 Å². The zero-order valence-electron chi connectivity index (χ0n) is 8.71. The van der Waals surface area contributed by atoms with Gasteiger partial charge in [0.05, 0.1) is 0 Å². The topological polar surface area (TPSA) is 84.2 Å². The molecule has 0 aliphatic rings. The van der Waals surface area contributed by atoms with Gasteiger partial charge in [0.2, 0.25) is 0 Å². The number of carbonyl (C=O) groups excluding carboxylic acids is 2. The summed E-state index contributed by atoms with van der Waals surface area (Å²) in [5.41, 5.74) is 3.14. The summed E-state index contributed by atoms with van der Waals surface area (Å²) in [5, 5.41) is 2.32. The Morgan fingerprint density at radius 1 is 1.38 bits per heavy atom. The minimum absolute atomic E-state index is 0.0792. The first-order valence-corrected chi connectivity index (χ1v) is 4.58. The van der Waals surface area contributed by atoms with Crippen LogP contribution in [-0.4, -0.2) is 11.8 Å². The lowest BCUT2D eigenvalue weighted by molar-refractivity contribution is -0.139. The molecule has 0 radical (unpaired) electrons. The number of hydrogen-bond donors (Lipinski definition) is 3. The SMILES string of the molecule is Cc1ccc(F)cc1CNC(=O)C(=O)NN. The molecule has 0 heterocycles. The van der Waals surface area contributed by atoms with Crippen molar-refractivity contribution in [2.45, 2.75) is 13.5 Å². The van der Waals surface area contributed by atoms with Crippen LogP contribution in [0.15, 0.2) is 18.2 Å². The minimum atomic E-state index is -0.936. The molecule has 0 aliphatic heterocycles. The predicted octanol–water partition coefficient (Wildman–Crippen LogP) is -0.260. The highest BCUT2D eigenvalue weighted by atomic mass is 19.1. The average molecular weight is 225 g/mol. The summed E-state index contributed by atoms with van der Waals surface area (Å²) >= 11 is 0. The third kappa shape index (κ3) is 3.03. The second-order valence-corrected chi connectivity index (χ2v) is 3.23. The maximum absolute atomic E-state index is 12.9. The van der Waals surface area contributed by atoms with Gasteiger partial charge in [-0.2, -0.15) is 0 Å². The van der Waals surface area contributed by atoms with Crippen LogP contribution in [0.25, 0.3) is 0 Å². The van der Waals surface area contributed by atoms with Crippen LogP contribution in [-0.2, 0) is 16.1 Å². The van der Waals surface area contributed by atoms with Crippen molar-refractivity contribution in [3.05, 3.63) is 35.1 Å². The number of hydrazine groups is 1. The van der Waals surface area contributed by atoms with E-state index in [2.05, 4.69) is 5.32 Å². The average Bonchev–Trinajstić information content (AvgIpc) is 2.28. The fraction of sp³-hybridized carbons (Fsp3) is 0.200. The molecule has 0 bridgehead atoms. The summed E-state index contributed by atoms with van der Waals surface area (Å²) in [6, 6.07) is 4.23. The van der Waals surface area contributed by atoms with Gasteiger partial charge >= 0.3 is 11.8 Å². The monoisotopic (exact) mass is 225 g/mol. The van der Waals surface area contributed by atoms with E-state index >= 15 is 0 Å². The van der Waals surface area contributed by atoms with E-state index in [0.717, 1.165) is 5.56 Å². The summed E-state index contributed by atoms with van der Waals surface area (Å²) in [7, 11) is 0. The maximum Gasteiger partial charge on any atom is 0.323 e. The van der Waals surface area contributed by atoms with Crippen molar-refractivity contribution in [3.63, 3.8) is 0 Å². The van der Waals surface area contributed by atoms with E-state index in [1.165, 1.54) is 12.1 Å². The van der Waals surface area contributed by atoms with E-state index < -0.39 is 17.6 Å². The van der Waals surface area contributed by atoms with Crippen LogP contribution >= 0.6 is 0 Å². The summed E-state index contributed by atoms with van der Waals surface area (Å²) < 4.78 is 12.9. The van der Waals surface area contributed by atoms with Gasteiger partial charge in [0.15, 0.2) is 0 Å². The maximum atomic E-state index is 12.9. The molecule has 1 aromatic rings. The Hall–Kier alpha value is -1.95. The number of carbonyl (C=O) groups is 2. The number of aryl methyl sites for hydroxylation is 1. The first-order valence-electron chi connectivity index (χ1n) is 4.58. The molecule has 0 aromatic heterocycles. The summed E-state index contributed by atoms with van der Waals surface area (Å²) in [6.45, 7) is 1.86. The minimum Gasteiger partial charge on any atom is -0.344 e. The smallest absolute Gasteiger partial charge is 0.323 e. The molecule has 86 valence electrons. The van der Waals surface area contributed by atoms with Gasteiger partial charge in [-0.3, -0.25) is 15.0 Å². The molecule has 0 unspecified atom stereocenters. The summed E-state index contributed by atoms with van der Waals surface area (Å²) in [4.78, 5) is 21.8. The molecule has 0 aliphatic carbocycles. The van der Waals surface area contributed by atoms with E-state index in [1.807, 2.05) is 0 Å². The molecule has 1 aromatic carbocycles. The molecule has 16 heavy (non-hydrogen) atoms. The van der Waals surface area contributed by atoms with Gasteiger partial charge in [0.1, 0.15) is 5.82 Å². The quantitative estimate of drug-likeness (QED) is 0.280. The fourth-order valence-electron chi connectivity index (χ4n) is 1.15. The van der Waals surface area contributed by atoms with Gasteiger partial charge in [-0.15, -0.1) is 0 Å². The van der Waals surface area contributed by atoms with Crippen LogP contribution in [0.4, 0.5) is 4.39 Å². The Balaban J connectivity index is 2.64. The van der Waals surface area contributed by atoms with Crippen molar-refractivity contribution in [2.75, 3.05) is 0 Å². The fourth-order valence-corrected chi connectivity index (χ4v) is 1.15. The molecule has 5 nitrogen and oxygen atoms in total. The summed E-state index contributed by atoms with van der Waals surface area (Å²) in [6.07, 6.45) is 0. The molecule has 4 N–H and O–H groups in total. The molecule has 6 heteroatoms. The first-order chi connectivity index (χ1) is 7.54. The largest absolute Gasteiger partial charge is 0.344 e. The first kappa shape index (κ1) is 12.1. The van der Waals surface area contributed by atoms with Crippen LogP contribution in [0.2, 0.25) is 0 Å². The molecule has 0 fully saturated rings. The van der Waals surface area contributed by atoms with Gasteiger partial charge in [-0.25, -0.2) is 10.2 Å². The lowest BCUT2D eigenvalue weighted by atomic mass is 10.1. The van der Waals surface area contributed by atoms with E-state index in [1.54, 1.807) is 18.4 Å². The van der Waals surface area contributed by atoms with Crippen LogP contribution in [0.5, 0.6) is 0 Å². The van der Waals surface area contributed by atoms with Crippen LogP contribution < -0.4 is 16.6 Å². The van der Waals surface area contributed by atoms with Crippen molar-refractivity contribution in [1.29, 1.82) is 0 Å². The summed E-state index contributed by atoms with van der Waals surface area (Å²) in [5.74, 6) is 2.59. The van der Waals surface area contributed by atoms with Gasteiger partial charge in [-0.1, -0.05) is 6.07 Å². The highest BCUT2D eigenvalue weighted by molar-refractivity contribution is 6.34. The normalized spacial score (nSPS) is 9.69. The zero-order valence-corrected chi connectivity index (χ0v) is 8.71. The molecule has 0 atom stereocenters. The lowest BCUT2D eigenvalue weighted by Crippen LogP contribution is -2.42.